The molecule has 1 aliphatic heterocycles. The number of carbonyl (C=O) groups is 1. The molecule has 1 N–H and O–H groups in total. The van der Waals surface area contributed by atoms with Gasteiger partial charge in [0.25, 0.3) is 0 Å². The number of rotatable bonds is 4. The average molecular weight is 349 g/mol. The number of hydrogen-bond donors (Lipinski definition) is 1. The highest BCUT2D eigenvalue weighted by atomic mass is 32.1. The first-order chi connectivity index (χ1) is 11.7. The van der Waals surface area contributed by atoms with Gasteiger partial charge in [-0.05, 0) is 44.0 Å². The minimum absolute atomic E-state index is 0.233. The van der Waals surface area contributed by atoms with Crippen LogP contribution in [0.15, 0.2) is 29.6 Å². The van der Waals surface area contributed by atoms with E-state index >= 15 is 0 Å². The lowest BCUT2D eigenvalue weighted by Crippen LogP contribution is -2.42. The van der Waals surface area contributed by atoms with Gasteiger partial charge in [0.1, 0.15) is 5.82 Å². The van der Waals surface area contributed by atoms with Crippen LogP contribution >= 0.6 is 11.3 Å². The summed E-state index contributed by atoms with van der Waals surface area (Å²) in [5.41, 5.74) is 1.74. The van der Waals surface area contributed by atoms with E-state index in [2.05, 4.69) is 10.3 Å². The van der Waals surface area contributed by atoms with E-state index in [9.17, 15) is 9.18 Å². The molecule has 24 heavy (non-hydrogen) atoms. The largest absolute Gasteiger partial charge is 0.450 e. The Balaban J connectivity index is 1.54. The second kappa shape index (κ2) is 7.61. The van der Waals surface area contributed by atoms with Crippen LogP contribution in [0.2, 0.25) is 0 Å². The number of piperidine rings is 1. The van der Waals surface area contributed by atoms with Crippen molar-refractivity contribution >= 4 is 22.6 Å². The number of benzene rings is 1. The fourth-order valence-electron chi connectivity index (χ4n) is 2.69. The zero-order valence-corrected chi connectivity index (χ0v) is 14.3. The Morgan fingerprint density at radius 3 is 2.75 bits per heavy atom. The lowest BCUT2D eigenvalue weighted by molar-refractivity contribution is 0.0983. The molecule has 1 fully saturated rings. The van der Waals surface area contributed by atoms with Crippen LogP contribution in [0.3, 0.4) is 0 Å². The Hall–Kier alpha value is -2.15. The molecule has 1 saturated heterocycles. The molecule has 1 aromatic carbocycles. The van der Waals surface area contributed by atoms with Crippen molar-refractivity contribution in [1.82, 2.24) is 9.88 Å². The molecule has 3 rings (SSSR count). The Morgan fingerprint density at radius 2 is 2.08 bits per heavy atom. The monoisotopic (exact) mass is 349 g/mol. The van der Waals surface area contributed by atoms with Crippen molar-refractivity contribution in [2.75, 3.05) is 25.0 Å². The van der Waals surface area contributed by atoms with Crippen molar-refractivity contribution in [3.05, 3.63) is 35.5 Å². The average Bonchev–Trinajstić information content (AvgIpc) is 3.05. The first-order valence-electron chi connectivity index (χ1n) is 8.05. The summed E-state index contributed by atoms with van der Waals surface area (Å²) in [6.07, 6.45) is 1.50. The highest BCUT2D eigenvalue weighted by Crippen LogP contribution is 2.26. The highest BCUT2D eigenvalue weighted by Gasteiger charge is 2.24. The summed E-state index contributed by atoms with van der Waals surface area (Å²) >= 11 is 1.54. The molecular weight excluding hydrogens is 329 g/mol. The van der Waals surface area contributed by atoms with Gasteiger partial charge >= 0.3 is 6.09 Å². The topological polar surface area (TPSA) is 54.5 Å². The van der Waals surface area contributed by atoms with Gasteiger partial charge in [0.2, 0.25) is 0 Å². The maximum Gasteiger partial charge on any atom is 0.409 e. The minimum atomic E-state index is -0.249. The van der Waals surface area contributed by atoms with E-state index in [1.165, 1.54) is 23.5 Å². The smallest absolute Gasteiger partial charge is 0.409 e. The van der Waals surface area contributed by atoms with E-state index in [0.717, 1.165) is 29.2 Å². The third-order valence-electron chi connectivity index (χ3n) is 3.99. The number of carbonyl (C=O) groups excluding carboxylic acids is 1. The number of nitrogens with one attached hydrogen (secondary N) is 1. The van der Waals surface area contributed by atoms with E-state index in [1.54, 1.807) is 17.0 Å². The highest BCUT2D eigenvalue weighted by molar-refractivity contribution is 7.14. The quantitative estimate of drug-likeness (QED) is 0.907. The summed E-state index contributed by atoms with van der Waals surface area (Å²) in [5.74, 6) is -0.249. The normalized spacial score (nSPS) is 15.3. The molecule has 0 spiro atoms. The summed E-state index contributed by atoms with van der Waals surface area (Å²) in [5, 5.41) is 6.24. The van der Waals surface area contributed by atoms with Crippen molar-refractivity contribution in [2.45, 2.75) is 25.8 Å². The minimum Gasteiger partial charge on any atom is -0.450 e. The number of aromatic nitrogens is 1. The fourth-order valence-corrected chi connectivity index (χ4v) is 3.49. The summed E-state index contributed by atoms with van der Waals surface area (Å²) < 4.78 is 18.0. The predicted molar refractivity (Wildman–Crippen MR) is 92.7 cm³/mol. The van der Waals surface area contributed by atoms with Gasteiger partial charge in [-0.25, -0.2) is 14.2 Å². The van der Waals surface area contributed by atoms with E-state index in [1.807, 2.05) is 12.3 Å². The third kappa shape index (κ3) is 4.03. The molecule has 0 bridgehead atoms. The Kier molecular flexibility index (Phi) is 5.30. The van der Waals surface area contributed by atoms with Crippen LogP contribution < -0.4 is 5.32 Å². The molecule has 2 heterocycles. The van der Waals surface area contributed by atoms with Crippen LogP contribution in [-0.2, 0) is 4.74 Å². The Bertz CT molecular complexity index is 681. The van der Waals surface area contributed by atoms with E-state index in [-0.39, 0.29) is 11.9 Å². The van der Waals surface area contributed by atoms with Crippen LogP contribution in [0.1, 0.15) is 19.8 Å². The molecule has 0 unspecified atom stereocenters. The van der Waals surface area contributed by atoms with Gasteiger partial charge in [0.05, 0.1) is 12.3 Å². The number of thiazole rings is 1. The van der Waals surface area contributed by atoms with Gasteiger partial charge in [0, 0.05) is 30.1 Å². The molecule has 0 atom stereocenters. The second-order valence-corrected chi connectivity index (χ2v) is 6.51. The number of likely N-dealkylation sites (tertiary alicyclic amines) is 1. The van der Waals surface area contributed by atoms with E-state index in [4.69, 9.17) is 4.74 Å². The van der Waals surface area contributed by atoms with Gasteiger partial charge < -0.3 is 15.0 Å². The van der Waals surface area contributed by atoms with E-state index < -0.39 is 0 Å². The molecular formula is C17H20FN3O2S. The number of ether oxygens (including phenoxy) is 1. The van der Waals surface area contributed by atoms with Crippen LogP contribution in [-0.4, -0.2) is 41.7 Å². The van der Waals surface area contributed by atoms with Crippen LogP contribution in [0.4, 0.5) is 14.3 Å². The first kappa shape index (κ1) is 16.7. The molecule has 2 aromatic rings. The summed E-state index contributed by atoms with van der Waals surface area (Å²) in [7, 11) is 0. The number of anilines is 1. The summed E-state index contributed by atoms with van der Waals surface area (Å²) in [6, 6.07) is 6.63. The van der Waals surface area contributed by atoms with Crippen LogP contribution in [0.25, 0.3) is 11.3 Å². The Morgan fingerprint density at radius 1 is 1.38 bits per heavy atom. The van der Waals surface area contributed by atoms with Crippen molar-refractivity contribution in [1.29, 1.82) is 0 Å². The van der Waals surface area contributed by atoms with Crippen molar-refractivity contribution in [3.8, 4) is 11.3 Å². The first-order valence-corrected chi connectivity index (χ1v) is 8.93. The zero-order chi connectivity index (χ0) is 16.9. The number of nitrogens with zero attached hydrogens (tertiary/aromatic N) is 2. The van der Waals surface area contributed by atoms with Crippen LogP contribution in [0, 0.1) is 5.82 Å². The maximum atomic E-state index is 13.0. The molecule has 7 heteroatoms. The molecule has 1 aliphatic rings. The lowest BCUT2D eigenvalue weighted by atomic mass is 10.1. The zero-order valence-electron chi connectivity index (χ0n) is 13.5. The molecule has 0 saturated carbocycles. The fraction of sp³-hybridized carbons (Fsp3) is 0.412. The second-order valence-electron chi connectivity index (χ2n) is 5.65. The molecule has 1 aromatic heterocycles. The molecule has 5 nitrogen and oxygen atoms in total. The van der Waals surface area contributed by atoms with Gasteiger partial charge in [-0.2, -0.15) is 0 Å². The standard InChI is InChI=1S/C17H20FN3O2S/c1-2-23-17(22)21-9-7-14(8-10-21)19-16-20-15(11-24-16)12-3-5-13(18)6-4-12/h3-6,11,14H,2,7-10H2,1H3,(H,19,20). The number of amides is 1. The van der Waals surface area contributed by atoms with Gasteiger partial charge in [-0.15, -0.1) is 11.3 Å². The predicted octanol–water partition coefficient (Wildman–Crippen LogP) is 3.98. The number of hydrogen-bond acceptors (Lipinski definition) is 5. The van der Waals surface area contributed by atoms with Crippen molar-refractivity contribution < 1.29 is 13.9 Å². The molecule has 0 aliphatic carbocycles. The van der Waals surface area contributed by atoms with Crippen molar-refractivity contribution in [3.63, 3.8) is 0 Å². The SMILES string of the molecule is CCOC(=O)N1CCC(Nc2nc(-c3ccc(F)cc3)cs2)CC1. The van der Waals surface area contributed by atoms with E-state index in [0.29, 0.717) is 25.7 Å². The van der Waals surface area contributed by atoms with Gasteiger partial charge in [-0.1, -0.05) is 0 Å². The van der Waals surface area contributed by atoms with Crippen molar-refractivity contribution in [2.24, 2.45) is 0 Å². The third-order valence-corrected chi connectivity index (χ3v) is 4.77. The molecule has 0 radical (unpaired) electrons. The van der Waals surface area contributed by atoms with Gasteiger partial charge in [0.15, 0.2) is 5.13 Å². The molecule has 128 valence electrons. The number of halogens is 1. The summed E-state index contributed by atoms with van der Waals surface area (Å²) in [4.78, 5) is 18.0. The Labute approximate surface area is 144 Å². The van der Waals surface area contributed by atoms with Gasteiger partial charge in [-0.3, -0.25) is 0 Å². The summed E-state index contributed by atoms with van der Waals surface area (Å²) in [6.45, 7) is 3.59. The van der Waals surface area contributed by atoms with Crippen LogP contribution in [0.5, 0.6) is 0 Å². The maximum absolute atomic E-state index is 13.0. The molecule has 1 amide bonds. The lowest BCUT2D eigenvalue weighted by Gasteiger charge is -2.31.